The van der Waals surface area contributed by atoms with E-state index in [0.29, 0.717) is 22.6 Å². The zero-order chi connectivity index (χ0) is 11.6. The Bertz CT molecular complexity index is 356. The number of aromatic nitrogens is 3. The van der Waals surface area contributed by atoms with Crippen molar-refractivity contribution in [2.24, 2.45) is 11.7 Å². The van der Waals surface area contributed by atoms with Crippen LogP contribution in [0, 0.1) is 5.92 Å². The Balaban J connectivity index is 3.14. The predicted molar refractivity (Wildman–Crippen MR) is 64.8 cm³/mol. The van der Waals surface area contributed by atoms with Crippen LogP contribution in [-0.2, 0) is 6.42 Å². The van der Waals surface area contributed by atoms with Crippen molar-refractivity contribution < 1.29 is 0 Å². The maximum Gasteiger partial charge on any atom is 0.143 e. The highest BCUT2D eigenvalue weighted by Gasteiger charge is 2.19. The highest BCUT2D eigenvalue weighted by Crippen LogP contribution is 2.19. The molecule has 0 aliphatic rings. The average molecular weight is 226 g/mol. The molecule has 0 fully saturated rings. The van der Waals surface area contributed by atoms with Gasteiger partial charge in [0.15, 0.2) is 0 Å². The van der Waals surface area contributed by atoms with Gasteiger partial charge in [0, 0.05) is 0 Å². The molecule has 0 bridgehead atoms. The molecule has 4 nitrogen and oxygen atoms in total. The van der Waals surface area contributed by atoms with Gasteiger partial charge < -0.3 is 5.73 Å². The number of nitrogens with zero attached hydrogens (tertiary/aromatic N) is 3. The Labute approximate surface area is 95.8 Å². The molecule has 1 aromatic heterocycles. The Kier molecular flexibility index (Phi) is 3.79. The average Bonchev–Trinajstić information content (AvgIpc) is 2.59. The second-order valence-corrected chi connectivity index (χ2v) is 4.47. The maximum atomic E-state index is 5.60. The van der Waals surface area contributed by atoms with Crippen molar-refractivity contribution in [3.63, 3.8) is 0 Å². The third-order valence-electron chi connectivity index (χ3n) is 2.71. The Morgan fingerprint density at radius 3 is 2.47 bits per heavy atom. The summed E-state index contributed by atoms with van der Waals surface area (Å²) in [6.07, 6.45) is 0.844. The first kappa shape index (κ1) is 12.1. The van der Waals surface area contributed by atoms with Crippen LogP contribution in [-0.4, -0.2) is 20.0 Å². The Morgan fingerprint density at radius 1 is 1.47 bits per heavy atom. The monoisotopic (exact) mass is 226 g/mol. The molecule has 0 aliphatic heterocycles. The van der Waals surface area contributed by atoms with Gasteiger partial charge in [-0.05, 0) is 19.3 Å². The zero-order valence-corrected chi connectivity index (χ0v) is 10.5. The van der Waals surface area contributed by atoms with E-state index in [1.807, 2.05) is 4.68 Å². The van der Waals surface area contributed by atoms with Gasteiger partial charge in [-0.3, -0.25) is 0 Å². The largest absolute Gasteiger partial charge is 0.388 e. The minimum Gasteiger partial charge on any atom is -0.388 e. The van der Waals surface area contributed by atoms with Gasteiger partial charge in [0.05, 0.1) is 11.7 Å². The molecule has 84 valence electrons. The summed E-state index contributed by atoms with van der Waals surface area (Å²) in [5.41, 5.74) is 7.29. The van der Waals surface area contributed by atoms with Crippen molar-refractivity contribution in [1.29, 1.82) is 0 Å². The first-order chi connectivity index (χ1) is 6.99. The van der Waals surface area contributed by atoms with Crippen LogP contribution >= 0.6 is 12.2 Å². The number of nitrogens with two attached hydrogens (primary N) is 1. The van der Waals surface area contributed by atoms with E-state index in [1.165, 1.54) is 0 Å². The predicted octanol–water partition coefficient (Wildman–Crippen LogP) is 1.69. The van der Waals surface area contributed by atoms with Crippen LogP contribution in [0.25, 0.3) is 0 Å². The summed E-state index contributed by atoms with van der Waals surface area (Å²) in [6, 6.07) is 0.315. The molecular formula is C10H18N4S. The Hall–Kier alpha value is -0.970. The molecule has 0 amide bonds. The van der Waals surface area contributed by atoms with Crippen LogP contribution in [0.2, 0.25) is 0 Å². The minimum absolute atomic E-state index is 0.315. The molecule has 0 aliphatic carbocycles. The third-order valence-corrected chi connectivity index (χ3v) is 2.90. The fourth-order valence-electron chi connectivity index (χ4n) is 1.44. The summed E-state index contributed by atoms with van der Waals surface area (Å²) in [6.45, 7) is 8.50. The van der Waals surface area contributed by atoms with Crippen molar-refractivity contribution in [3.8, 4) is 0 Å². The van der Waals surface area contributed by atoms with E-state index in [1.54, 1.807) is 0 Å². The molecule has 0 aromatic carbocycles. The molecule has 0 saturated carbocycles. The second-order valence-electron chi connectivity index (χ2n) is 4.03. The summed E-state index contributed by atoms with van der Waals surface area (Å²) >= 11 is 4.94. The maximum absolute atomic E-state index is 5.60. The standard InChI is InChI=1S/C10H18N4S/c1-5-8-9(10(11)15)12-13-14(8)7(4)6(2)3/h6-7H,5H2,1-4H3,(H2,11,15). The fourth-order valence-corrected chi connectivity index (χ4v) is 1.60. The van der Waals surface area contributed by atoms with Gasteiger partial charge in [-0.15, -0.1) is 5.10 Å². The Morgan fingerprint density at radius 2 is 2.07 bits per heavy atom. The molecule has 1 atom stereocenters. The molecule has 1 rings (SSSR count). The van der Waals surface area contributed by atoms with Crippen molar-refractivity contribution in [2.75, 3.05) is 0 Å². The zero-order valence-electron chi connectivity index (χ0n) is 9.69. The molecule has 0 radical (unpaired) electrons. The van der Waals surface area contributed by atoms with Gasteiger partial charge in [0.1, 0.15) is 10.7 Å². The van der Waals surface area contributed by atoms with Crippen LogP contribution in [0.3, 0.4) is 0 Å². The van der Waals surface area contributed by atoms with Crippen LogP contribution in [0.4, 0.5) is 0 Å². The van der Waals surface area contributed by atoms with E-state index in [0.717, 1.165) is 12.1 Å². The fraction of sp³-hybridized carbons (Fsp3) is 0.700. The van der Waals surface area contributed by atoms with Crippen LogP contribution in [0.1, 0.15) is 45.1 Å². The normalized spacial score (nSPS) is 13.1. The van der Waals surface area contributed by atoms with Crippen LogP contribution in [0.15, 0.2) is 0 Å². The summed E-state index contributed by atoms with van der Waals surface area (Å²) in [7, 11) is 0. The highest BCUT2D eigenvalue weighted by molar-refractivity contribution is 7.80. The van der Waals surface area contributed by atoms with Gasteiger partial charge in [-0.25, -0.2) is 4.68 Å². The number of hydrogen-bond acceptors (Lipinski definition) is 3. The molecule has 5 heteroatoms. The SMILES string of the molecule is CCc1c(C(N)=S)nnn1C(C)C(C)C. The van der Waals surface area contributed by atoms with Crippen molar-refractivity contribution in [1.82, 2.24) is 15.0 Å². The van der Waals surface area contributed by atoms with Crippen LogP contribution < -0.4 is 5.73 Å². The van der Waals surface area contributed by atoms with Gasteiger partial charge in [0.25, 0.3) is 0 Å². The quantitative estimate of drug-likeness (QED) is 0.794. The molecule has 1 unspecified atom stereocenters. The van der Waals surface area contributed by atoms with E-state index in [4.69, 9.17) is 18.0 Å². The van der Waals surface area contributed by atoms with Crippen molar-refractivity contribution in [2.45, 2.75) is 40.2 Å². The summed E-state index contributed by atoms with van der Waals surface area (Å²) in [5, 5.41) is 8.17. The highest BCUT2D eigenvalue weighted by atomic mass is 32.1. The molecule has 2 N–H and O–H groups in total. The van der Waals surface area contributed by atoms with Crippen molar-refractivity contribution >= 4 is 17.2 Å². The van der Waals surface area contributed by atoms with E-state index < -0.39 is 0 Å². The topological polar surface area (TPSA) is 56.7 Å². The second kappa shape index (κ2) is 4.70. The van der Waals surface area contributed by atoms with E-state index in [9.17, 15) is 0 Å². The number of hydrogen-bond donors (Lipinski definition) is 1. The van der Waals surface area contributed by atoms with Gasteiger partial charge in [0.2, 0.25) is 0 Å². The molecule has 0 saturated heterocycles. The third kappa shape index (κ3) is 2.34. The first-order valence-electron chi connectivity index (χ1n) is 5.22. The lowest BCUT2D eigenvalue weighted by Crippen LogP contribution is -2.18. The first-order valence-corrected chi connectivity index (χ1v) is 5.63. The molecule has 15 heavy (non-hydrogen) atoms. The molecule has 0 spiro atoms. The minimum atomic E-state index is 0.315. The lowest BCUT2D eigenvalue weighted by Gasteiger charge is -2.17. The van der Waals surface area contributed by atoms with Gasteiger partial charge in [-0.2, -0.15) is 0 Å². The van der Waals surface area contributed by atoms with E-state index >= 15 is 0 Å². The van der Waals surface area contributed by atoms with Crippen molar-refractivity contribution in [3.05, 3.63) is 11.4 Å². The smallest absolute Gasteiger partial charge is 0.143 e. The number of thiocarbonyl (C=S) groups is 1. The summed E-state index contributed by atoms with van der Waals surface area (Å²) in [5.74, 6) is 0.510. The summed E-state index contributed by atoms with van der Waals surface area (Å²) < 4.78 is 1.93. The lowest BCUT2D eigenvalue weighted by molar-refractivity contribution is 0.359. The van der Waals surface area contributed by atoms with Gasteiger partial charge >= 0.3 is 0 Å². The lowest BCUT2D eigenvalue weighted by atomic mass is 10.1. The van der Waals surface area contributed by atoms with E-state index in [-0.39, 0.29) is 0 Å². The summed E-state index contributed by atoms with van der Waals surface area (Å²) in [4.78, 5) is 0.328. The van der Waals surface area contributed by atoms with E-state index in [2.05, 4.69) is 38.0 Å². The molecule has 1 heterocycles. The molecular weight excluding hydrogens is 208 g/mol. The molecule has 1 aromatic rings. The van der Waals surface area contributed by atoms with Crippen LogP contribution in [0.5, 0.6) is 0 Å². The number of rotatable bonds is 4. The van der Waals surface area contributed by atoms with Gasteiger partial charge in [-0.1, -0.05) is 38.2 Å².